The van der Waals surface area contributed by atoms with Gasteiger partial charge in [0.15, 0.2) is 5.76 Å². The first kappa shape index (κ1) is 13.0. The van der Waals surface area contributed by atoms with E-state index in [9.17, 15) is 9.59 Å². The minimum absolute atomic E-state index is 0.0642. The van der Waals surface area contributed by atoms with Crippen molar-refractivity contribution >= 4 is 16.8 Å². The smallest absolute Gasteiger partial charge is 0.300 e. The van der Waals surface area contributed by atoms with E-state index in [0.29, 0.717) is 16.7 Å². The Bertz CT molecular complexity index is 867. The third-order valence-corrected chi connectivity index (χ3v) is 2.95. The fraction of sp³-hybridized carbons (Fsp3) is 0.0769. The van der Waals surface area contributed by atoms with Crippen LogP contribution in [0.25, 0.3) is 10.9 Å². The van der Waals surface area contributed by atoms with Gasteiger partial charge in [-0.25, -0.2) is 10.5 Å². The number of hydrogen-bond acceptors (Lipinski definition) is 6. The Kier molecular flexibility index (Phi) is 3.20. The van der Waals surface area contributed by atoms with Crippen LogP contribution in [-0.2, 0) is 6.54 Å². The van der Waals surface area contributed by atoms with E-state index < -0.39 is 5.91 Å². The zero-order chi connectivity index (χ0) is 14.8. The maximum Gasteiger partial charge on any atom is 0.300 e. The Balaban J connectivity index is 1.95. The van der Waals surface area contributed by atoms with Crippen LogP contribution < -0.4 is 16.8 Å². The number of hydrogen-bond donors (Lipinski definition) is 2. The molecule has 0 bridgehead atoms. The van der Waals surface area contributed by atoms with Gasteiger partial charge in [0.05, 0.1) is 5.39 Å². The van der Waals surface area contributed by atoms with Crippen LogP contribution in [0.3, 0.4) is 0 Å². The maximum atomic E-state index is 12.2. The van der Waals surface area contributed by atoms with Gasteiger partial charge in [0.2, 0.25) is 0 Å². The molecule has 0 aliphatic heterocycles. The van der Waals surface area contributed by atoms with E-state index in [0.717, 1.165) is 0 Å². The molecule has 0 fully saturated rings. The first-order chi connectivity index (χ1) is 10.2. The van der Waals surface area contributed by atoms with Crippen molar-refractivity contribution in [3.05, 3.63) is 58.3 Å². The fourth-order valence-electron chi connectivity index (χ4n) is 1.93. The van der Waals surface area contributed by atoms with Crippen molar-refractivity contribution in [2.24, 2.45) is 5.84 Å². The second-order valence-corrected chi connectivity index (χ2v) is 4.31. The van der Waals surface area contributed by atoms with Crippen molar-refractivity contribution in [3.8, 4) is 0 Å². The Morgan fingerprint density at radius 3 is 2.90 bits per heavy atom. The molecule has 0 saturated carbocycles. The van der Waals surface area contributed by atoms with Gasteiger partial charge in [-0.05, 0) is 24.3 Å². The molecule has 3 rings (SSSR count). The minimum atomic E-state index is -0.543. The molecule has 3 aromatic rings. The molecule has 0 saturated heterocycles. The second kappa shape index (κ2) is 5.17. The van der Waals surface area contributed by atoms with Crippen LogP contribution in [0.2, 0.25) is 0 Å². The van der Waals surface area contributed by atoms with E-state index in [1.54, 1.807) is 30.3 Å². The van der Waals surface area contributed by atoms with Gasteiger partial charge in [-0.1, -0.05) is 17.3 Å². The number of nitrogens with zero attached hydrogens (tertiary/aromatic N) is 3. The van der Waals surface area contributed by atoms with Crippen LogP contribution in [0.1, 0.15) is 16.3 Å². The molecular formula is C13H11N5O3. The van der Waals surface area contributed by atoms with Crippen LogP contribution in [0.4, 0.5) is 0 Å². The summed E-state index contributed by atoms with van der Waals surface area (Å²) in [5.74, 6) is 4.94. The average Bonchev–Trinajstić information content (AvgIpc) is 2.98. The van der Waals surface area contributed by atoms with Gasteiger partial charge in [0, 0.05) is 0 Å². The maximum absolute atomic E-state index is 12.2. The largest absolute Gasteiger partial charge is 0.454 e. The normalized spacial score (nSPS) is 10.7. The first-order valence-electron chi connectivity index (χ1n) is 6.11. The summed E-state index contributed by atoms with van der Waals surface area (Å²) in [5, 5.41) is 8.28. The monoisotopic (exact) mass is 285 g/mol. The molecule has 0 spiro atoms. The number of furan rings is 1. The lowest BCUT2D eigenvalue weighted by atomic mass is 10.2. The van der Waals surface area contributed by atoms with E-state index in [-0.39, 0.29) is 17.9 Å². The van der Waals surface area contributed by atoms with Crippen LogP contribution in [0.5, 0.6) is 0 Å². The van der Waals surface area contributed by atoms with Gasteiger partial charge in [-0.2, -0.15) is 0 Å². The lowest BCUT2D eigenvalue weighted by Crippen LogP contribution is -2.29. The summed E-state index contributed by atoms with van der Waals surface area (Å²) in [6.45, 7) is 0.0779. The molecule has 0 aliphatic carbocycles. The van der Waals surface area contributed by atoms with Crippen molar-refractivity contribution in [3.63, 3.8) is 0 Å². The summed E-state index contributed by atoms with van der Waals surface area (Å²) >= 11 is 0. The number of amides is 1. The molecule has 2 heterocycles. The van der Waals surface area contributed by atoms with E-state index in [2.05, 4.69) is 10.3 Å². The number of carbonyl (C=O) groups is 1. The lowest BCUT2D eigenvalue weighted by molar-refractivity contribution is 0.0924. The van der Waals surface area contributed by atoms with Crippen molar-refractivity contribution in [1.82, 2.24) is 20.4 Å². The number of benzene rings is 1. The summed E-state index contributed by atoms with van der Waals surface area (Å²) in [6, 6.07) is 9.98. The third-order valence-electron chi connectivity index (χ3n) is 2.95. The molecule has 0 unspecified atom stereocenters. The van der Waals surface area contributed by atoms with Gasteiger partial charge in [0.1, 0.15) is 17.8 Å². The predicted octanol–water partition coefficient (Wildman–Crippen LogP) is 0.0363. The number of carbonyl (C=O) groups excluding carboxylic acids is 1. The van der Waals surface area contributed by atoms with Gasteiger partial charge in [0.25, 0.3) is 5.56 Å². The van der Waals surface area contributed by atoms with Crippen LogP contribution in [-0.4, -0.2) is 20.9 Å². The molecule has 0 atom stereocenters. The number of nitrogen functional groups attached to an aromatic ring is 1. The van der Waals surface area contributed by atoms with Crippen LogP contribution in [0, 0.1) is 0 Å². The highest BCUT2D eigenvalue weighted by molar-refractivity contribution is 5.90. The van der Waals surface area contributed by atoms with E-state index in [4.69, 9.17) is 10.3 Å². The standard InChI is InChI=1S/C13H11N5O3/c14-15-12(19)11-6-5-8(21-11)7-18-13(20)9-3-1-2-4-10(9)16-17-18/h1-6H,7,14H2,(H,15,19). The van der Waals surface area contributed by atoms with Gasteiger partial charge in [-0.3, -0.25) is 15.0 Å². The van der Waals surface area contributed by atoms with Crippen molar-refractivity contribution in [2.75, 3.05) is 0 Å². The summed E-state index contributed by atoms with van der Waals surface area (Å²) in [4.78, 5) is 23.5. The highest BCUT2D eigenvalue weighted by atomic mass is 16.4. The van der Waals surface area contributed by atoms with Gasteiger partial charge in [-0.15, -0.1) is 5.10 Å². The molecule has 8 heteroatoms. The quantitative estimate of drug-likeness (QED) is 0.398. The van der Waals surface area contributed by atoms with E-state index in [1.165, 1.54) is 10.7 Å². The summed E-state index contributed by atoms with van der Waals surface area (Å²) in [7, 11) is 0. The molecule has 0 radical (unpaired) electrons. The Hall–Kier alpha value is -3.00. The number of nitrogens with one attached hydrogen (secondary N) is 1. The summed E-state index contributed by atoms with van der Waals surface area (Å²) in [6.07, 6.45) is 0. The average molecular weight is 285 g/mol. The highest BCUT2D eigenvalue weighted by Gasteiger charge is 2.11. The molecule has 2 aromatic heterocycles. The number of aromatic nitrogens is 3. The van der Waals surface area contributed by atoms with Gasteiger partial charge < -0.3 is 4.42 Å². The number of fused-ring (bicyclic) bond motifs is 1. The van der Waals surface area contributed by atoms with Gasteiger partial charge >= 0.3 is 5.91 Å². The molecular weight excluding hydrogens is 274 g/mol. The second-order valence-electron chi connectivity index (χ2n) is 4.31. The van der Waals surface area contributed by atoms with Crippen molar-refractivity contribution in [2.45, 2.75) is 6.54 Å². The number of rotatable bonds is 3. The molecule has 3 N–H and O–H groups in total. The van der Waals surface area contributed by atoms with Crippen molar-refractivity contribution < 1.29 is 9.21 Å². The number of nitrogens with two attached hydrogens (primary N) is 1. The molecule has 0 aliphatic rings. The van der Waals surface area contributed by atoms with E-state index in [1.807, 2.05) is 5.43 Å². The Morgan fingerprint density at radius 1 is 1.29 bits per heavy atom. The highest BCUT2D eigenvalue weighted by Crippen LogP contribution is 2.09. The van der Waals surface area contributed by atoms with Crippen LogP contribution in [0.15, 0.2) is 45.6 Å². The Morgan fingerprint density at radius 2 is 2.10 bits per heavy atom. The predicted molar refractivity (Wildman–Crippen MR) is 73.3 cm³/mol. The Labute approximate surface area is 118 Å². The first-order valence-corrected chi connectivity index (χ1v) is 6.11. The zero-order valence-electron chi connectivity index (χ0n) is 10.8. The van der Waals surface area contributed by atoms with E-state index >= 15 is 0 Å². The topological polar surface area (TPSA) is 116 Å². The molecule has 1 amide bonds. The summed E-state index contributed by atoms with van der Waals surface area (Å²) in [5.41, 5.74) is 2.22. The SMILES string of the molecule is NNC(=O)c1ccc(Cn2nnc3ccccc3c2=O)o1. The minimum Gasteiger partial charge on any atom is -0.454 e. The lowest BCUT2D eigenvalue weighted by Gasteiger charge is -2.02. The molecule has 8 nitrogen and oxygen atoms in total. The third kappa shape index (κ3) is 2.39. The van der Waals surface area contributed by atoms with Crippen molar-refractivity contribution in [1.29, 1.82) is 0 Å². The summed E-state index contributed by atoms with van der Waals surface area (Å²) < 4.78 is 6.46. The molecule has 106 valence electrons. The fourth-order valence-corrected chi connectivity index (χ4v) is 1.93. The molecule has 21 heavy (non-hydrogen) atoms. The zero-order valence-corrected chi connectivity index (χ0v) is 10.8. The number of hydrazine groups is 1. The molecule has 1 aromatic carbocycles. The van der Waals surface area contributed by atoms with Crippen LogP contribution >= 0.6 is 0 Å².